The lowest BCUT2D eigenvalue weighted by Crippen LogP contribution is -2.33. The van der Waals surface area contributed by atoms with Crippen molar-refractivity contribution < 1.29 is 14.1 Å². The largest absolute Gasteiger partial charge is 0.457 e. The molecule has 0 atom stereocenters. The number of furan rings is 1. The second kappa shape index (κ2) is 9.95. The zero-order valence-electron chi connectivity index (χ0n) is 16.9. The van der Waals surface area contributed by atoms with Gasteiger partial charge in [-0.1, -0.05) is 29.3 Å². The van der Waals surface area contributed by atoms with Gasteiger partial charge in [-0.2, -0.15) is 0 Å². The van der Waals surface area contributed by atoms with Crippen molar-refractivity contribution in [2.24, 2.45) is 0 Å². The van der Waals surface area contributed by atoms with E-state index in [-0.39, 0.29) is 16.5 Å². The van der Waals surface area contributed by atoms with Crippen molar-refractivity contribution in [3.63, 3.8) is 0 Å². The predicted molar refractivity (Wildman–Crippen MR) is 130 cm³/mol. The molecule has 0 saturated carbocycles. The molecule has 164 valence electrons. The molecule has 2 aromatic carbocycles. The van der Waals surface area contributed by atoms with E-state index in [0.717, 1.165) is 5.56 Å². The van der Waals surface area contributed by atoms with Crippen LogP contribution in [0.25, 0.3) is 17.4 Å². The number of thiocarbonyl (C=S) groups is 1. The van der Waals surface area contributed by atoms with Crippen molar-refractivity contribution in [2.75, 3.05) is 5.32 Å². The molecule has 0 aliphatic carbocycles. The fraction of sp³-hybridized carbons (Fsp3) is 0.0909. The predicted octanol–water partition coefficient (Wildman–Crippen LogP) is 6.30. The van der Waals surface area contributed by atoms with Crippen LogP contribution in [0.15, 0.2) is 53.0 Å². The summed E-state index contributed by atoms with van der Waals surface area (Å²) in [6, 6.07) is 11.5. The van der Waals surface area contributed by atoms with E-state index in [1.54, 1.807) is 43.3 Å². The highest BCUT2D eigenvalue weighted by molar-refractivity contribution is 7.80. The maximum absolute atomic E-state index is 12.2. The highest BCUT2D eigenvalue weighted by atomic mass is 35.5. The number of hydrogen-bond donors (Lipinski definition) is 2. The van der Waals surface area contributed by atoms with Crippen LogP contribution in [0.3, 0.4) is 0 Å². The Hall–Kier alpha value is -3.20. The molecule has 1 heterocycles. The fourth-order valence-corrected chi connectivity index (χ4v) is 3.55. The normalized spacial score (nSPS) is 10.9. The van der Waals surface area contributed by atoms with Crippen LogP contribution in [0.1, 0.15) is 16.9 Å². The van der Waals surface area contributed by atoms with Gasteiger partial charge in [-0.05, 0) is 73.6 Å². The summed E-state index contributed by atoms with van der Waals surface area (Å²) in [6.07, 6.45) is 2.70. The summed E-state index contributed by atoms with van der Waals surface area (Å²) < 4.78 is 5.69. The van der Waals surface area contributed by atoms with Gasteiger partial charge >= 0.3 is 0 Å². The third kappa shape index (κ3) is 5.53. The Balaban J connectivity index is 1.67. The number of nitro benzene ring substituents is 1. The van der Waals surface area contributed by atoms with E-state index in [1.807, 2.05) is 6.92 Å². The molecule has 10 heteroatoms. The number of nitro groups is 1. The Labute approximate surface area is 199 Å². The maximum atomic E-state index is 12.2. The number of nitrogens with one attached hydrogen (secondary N) is 2. The summed E-state index contributed by atoms with van der Waals surface area (Å²) in [7, 11) is 0. The number of benzene rings is 2. The van der Waals surface area contributed by atoms with E-state index < -0.39 is 10.8 Å². The third-order valence-electron chi connectivity index (χ3n) is 4.61. The van der Waals surface area contributed by atoms with Crippen molar-refractivity contribution >= 4 is 63.9 Å². The van der Waals surface area contributed by atoms with E-state index >= 15 is 0 Å². The minimum Gasteiger partial charge on any atom is -0.457 e. The Morgan fingerprint density at radius 1 is 1.16 bits per heavy atom. The summed E-state index contributed by atoms with van der Waals surface area (Å²) in [5.74, 6) is 0.411. The minimum absolute atomic E-state index is 0.0652. The van der Waals surface area contributed by atoms with Gasteiger partial charge in [0.15, 0.2) is 5.11 Å². The third-order valence-corrected chi connectivity index (χ3v) is 5.36. The number of hydrogen-bond acceptors (Lipinski definition) is 5. The zero-order valence-corrected chi connectivity index (χ0v) is 19.3. The molecule has 0 radical (unpaired) electrons. The number of anilines is 1. The van der Waals surface area contributed by atoms with Crippen molar-refractivity contribution in [1.29, 1.82) is 0 Å². The van der Waals surface area contributed by atoms with Gasteiger partial charge in [-0.15, -0.1) is 0 Å². The van der Waals surface area contributed by atoms with E-state index in [1.165, 1.54) is 18.2 Å². The summed E-state index contributed by atoms with van der Waals surface area (Å²) in [5.41, 5.74) is 2.28. The first kappa shape index (κ1) is 23.5. The van der Waals surface area contributed by atoms with Gasteiger partial charge in [0, 0.05) is 22.7 Å². The van der Waals surface area contributed by atoms with Gasteiger partial charge in [0.25, 0.3) is 5.69 Å². The van der Waals surface area contributed by atoms with Crippen LogP contribution in [0.4, 0.5) is 11.4 Å². The number of amides is 1. The van der Waals surface area contributed by atoms with Crippen molar-refractivity contribution in [3.05, 3.63) is 85.6 Å². The number of nitrogens with zero attached hydrogens (tertiary/aromatic N) is 1. The molecule has 0 aliphatic heterocycles. The molecule has 1 amide bonds. The summed E-state index contributed by atoms with van der Waals surface area (Å²) >= 11 is 17.2. The number of halogens is 2. The van der Waals surface area contributed by atoms with Gasteiger partial charge in [-0.3, -0.25) is 20.2 Å². The van der Waals surface area contributed by atoms with Crippen LogP contribution in [0.5, 0.6) is 0 Å². The van der Waals surface area contributed by atoms with Crippen molar-refractivity contribution in [1.82, 2.24) is 5.32 Å². The van der Waals surface area contributed by atoms with Gasteiger partial charge in [0.1, 0.15) is 17.2 Å². The topological polar surface area (TPSA) is 97.4 Å². The average molecular weight is 490 g/mol. The summed E-state index contributed by atoms with van der Waals surface area (Å²) in [5, 5.41) is 17.4. The van der Waals surface area contributed by atoms with Crippen LogP contribution in [-0.2, 0) is 4.79 Å². The van der Waals surface area contributed by atoms with E-state index in [0.29, 0.717) is 32.7 Å². The Bertz CT molecular complexity index is 1250. The molecule has 32 heavy (non-hydrogen) atoms. The van der Waals surface area contributed by atoms with Gasteiger partial charge in [0.2, 0.25) is 5.91 Å². The molecule has 1 aromatic heterocycles. The number of carbonyl (C=O) groups is 1. The van der Waals surface area contributed by atoms with Gasteiger partial charge in [0.05, 0.1) is 9.95 Å². The first-order chi connectivity index (χ1) is 15.2. The number of aryl methyl sites for hydroxylation is 1. The highest BCUT2D eigenvalue weighted by Crippen LogP contribution is 2.32. The fourth-order valence-electron chi connectivity index (χ4n) is 2.84. The molecule has 0 fully saturated rings. The minimum atomic E-state index is -0.530. The zero-order chi connectivity index (χ0) is 23.4. The Morgan fingerprint density at radius 3 is 2.59 bits per heavy atom. The molecule has 0 aliphatic rings. The van der Waals surface area contributed by atoms with Crippen molar-refractivity contribution in [2.45, 2.75) is 13.8 Å². The summed E-state index contributed by atoms with van der Waals surface area (Å²) in [4.78, 5) is 23.0. The molecular weight excluding hydrogens is 473 g/mol. The van der Waals surface area contributed by atoms with E-state index in [4.69, 9.17) is 39.8 Å². The SMILES string of the molecule is Cc1ccc([N+](=O)[O-])c(NC(=S)NC(=O)/C=C/c2ccc(-c3ccc(Cl)cc3Cl)o2)c1C. The first-order valence-electron chi connectivity index (χ1n) is 9.25. The second-order valence-electron chi connectivity index (χ2n) is 6.76. The van der Waals surface area contributed by atoms with Crippen LogP contribution >= 0.6 is 35.4 Å². The maximum Gasteiger partial charge on any atom is 0.293 e. The molecule has 0 unspecified atom stereocenters. The standard InChI is InChI=1S/C22H17Cl2N3O4S/c1-12-3-8-18(27(29)30)21(13(12)2)26-22(32)25-20(28)10-6-15-5-9-19(31-15)16-7-4-14(23)11-17(16)24/h3-11H,1-2H3,(H2,25,26,28,32)/b10-6+. The van der Waals surface area contributed by atoms with Crippen molar-refractivity contribution in [3.8, 4) is 11.3 Å². The van der Waals surface area contributed by atoms with E-state index in [2.05, 4.69) is 10.6 Å². The van der Waals surface area contributed by atoms with Gasteiger partial charge < -0.3 is 9.73 Å². The highest BCUT2D eigenvalue weighted by Gasteiger charge is 2.18. The second-order valence-corrected chi connectivity index (χ2v) is 8.01. The van der Waals surface area contributed by atoms with E-state index in [9.17, 15) is 14.9 Å². The van der Waals surface area contributed by atoms with Crippen LogP contribution in [-0.4, -0.2) is 15.9 Å². The molecular formula is C22H17Cl2N3O4S. The number of rotatable bonds is 5. The smallest absolute Gasteiger partial charge is 0.293 e. The summed E-state index contributed by atoms with van der Waals surface area (Å²) in [6.45, 7) is 3.56. The molecule has 3 aromatic rings. The first-order valence-corrected chi connectivity index (χ1v) is 10.4. The average Bonchev–Trinajstić information content (AvgIpc) is 3.18. The number of carbonyl (C=O) groups excluding carboxylic acids is 1. The lowest BCUT2D eigenvalue weighted by Gasteiger charge is -2.12. The molecule has 0 saturated heterocycles. The molecule has 0 bridgehead atoms. The van der Waals surface area contributed by atoms with Crippen LogP contribution < -0.4 is 10.6 Å². The lowest BCUT2D eigenvalue weighted by molar-refractivity contribution is -0.383. The van der Waals surface area contributed by atoms with Crippen LogP contribution in [0, 0.1) is 24.0 Å². The Kier molecular flexibility index (Phi) is 7.29. The molecule has 2 N–H and O–H groups in total. The molecule has 7 nitrogen and oxygen atoms in total. The lowest BCUT2D eigenvalue weighted by atomic mass is 10.1. The quantitative estimate of drug-likeness (QED) is 0.188. The molecule has 3 rings (SSSR count). The molecule has 0 spiro atoms. The Morgan fingerprint density at radius 2 is 1.91 bits per heavy atom. The van der Waals surface area contributed by atoms with Crippen LogP contribution in [0.2, 0.25) is 10.0 Å². The monoisotopic (exact) mass is 489 g/mol. The van der Waals surface area contributed by atoms with Gasteiger partial charge in [-0.25, -0.2) is 0 Å².